The summed E-state index contributed by atoms with van der Waals surface area (Å²) in [7, 11) is 3.16. The zero-order valence-corrected chi connectivity index (χ0v) is 19.9. The summed E-state index contributed by atoms with van der Waals surface area (Å²) in [5, 5.41) is 5.84. The number of anilines is 3. The van der Waals surface area contributed by atoms with Crippen LogP contribution in [0.4, 0.5) is 17.1 Å². The van der Waals surface area contributed by atoms with E-state index in [1.807, 2.05) is 44.2 Å². The summed E-state index contributed by atoms with van der Waals surface area (Å²) in [5.41, 5.74) is 3.06. The summed E-state index contributed by atoms with van der Waals surface area (Å²) >= 11 is 0. The summed E-state index contributed by atoms with van der Waals surface area (Å²) in [6, 6.07) is 13.5. The number of carbonyl (C=O) groups is 2. The number of hydrogen-bond acceptors (Lipinski definition) is 6. The summed E-state index contributed by atoms with van der Waals surface area (Å²) in [6.45, 7) is 7.10. The van der Waals surface area contributed by atoms with Crippen LogP contribution in [0.5, 0.6) is 5.75 Å². The lowest BCUT2D eigenvalue weighted by Crippen LogP contribution is -2.47. The molecule has 1 heterocycles. The van der Waals surface area contributed by atoms with Crippen LogP contribution in [-0.4, -0.2) is 64.9 Å². The SMILES string of the molecule is CCC(C)NC(=O)c1cc(NC(=O)COC)ccc1N1CCN(c2ccccc2OC)CC1. The van der Waals surface area contributed by atoms with Crippen molar-refractivity contribution in [1.29, 1.82) is 0 Å². The van der Waals surface area contributed by atoms with E-state index in [4.69, 9.17) is 9.47 Å². The van der Waals surface area contributed by atoms with Gasteiger partial charge in [-0.25, -0.2) is 0 Å². The Bertz CT molecular complexity index is 957. The van der Waals surface area contributed by atoms with Crippen LogP contribution in [0, 0.1) is 0 Å². The van der Waals surface area contributed by atoms with Crippen LogP contribution >= 0.6 is 0 Å². The molecule has 0 bridgehead atoms. The molecule has 1 unspecified atom stereocenters. The van der Waals surface area contributed by atoms with Crippen LogP contribution < -0.4 is 25.2 Å². The van der Waals surface area contributed by atoms with Gasteiger partial charge in [0.1, 0.15) is 12.4 Å². The summed E-state index contributed by atoms with van der Waals surface area (Å²) in [4.78, 5) is 29.6. The minimum absolute atomic E-state index is 0.0406. The molecule has 2 N–H and O–H groups in total. The Hall–Kier alpha value is -3.26. The maximum atomic E-state index is 13.1. The van der Waals surface area contributed by atoms with Crippen LogP contribution in [0.25, 0.3) is 0 Å². The number of ether oxygens (including phenoxy) is 2. The second-order valence-corrected chi connectivity index (χ2v) is 8.14. The fourth-order valence-corrected chi connectivity index (χ4v) is 3.88. The van der Waals surface area contributed by atoms with E-state index >= 15 is 0 Å². The van der Waals surface area contributed by atoms with Gasteiger partial charge in [0.15, 0.2) is 0 Å². The lowest BCUT2D eigenvalue weighted by molar-refractivity contribution is -0.119. The smallest absolute Gasteiger partial charge is 0.253 e. The molecule has 3 rings (SSSR count). The number of para-hydroxylation sites is 2. The highest BCUT2D eigenvalue weighted by atomic mass is 16.5. The highest BCUT2D eigenvalue weighted by Crippen LogP contribution is 2.31. The van der Waals surface area contributed by atoms with Crippen LogP contribution in [0.15, 0.2) is 42.5 Å². The molecule has 1 atom stereocenters. The normalized spacial score (nSPS) is 14.5. The first kappa shape index (κ1) is 24.4. The Morgan fingerprint density at radius 1 is 1.00 bits per heavy atom. The van der Waals surface area contributed by atoms with Crippen molar-refractivity contribution in [3.05, 3.63) is 48.0 Å². The maximum absolute atomic E-state index is 13.1. The summed E-state index contributed by atoms with van der Waals surface area (Å²) in [6.07, 6.45) is 0.836. The van der Waals surface area contributed by atoms with Crippen molar-refractivity contribution < 1.29 is 19.1 Å². The number of carbonyl (C=O) groups excluding carboxylic acids is 2. The Morgan fingerprint density at radius 2 is 1.67 bits per heavy atom. The highest BCUT2D eigenvalue weighted by molar-refractivity contribution is 6.02. The van der Waals surface area contributed by atoms with Gasteiger partial charge in [-0.15, -0.1) is 0 Å². The largest absolute Gasteiger partial charge is 0.495 e. The number of nitrogens with one attached hydrogen (secondary N) is 2. The average Bonchev–Trinajstić information content (AvgIpc) is 2.84. The number of amides is 2. The third-order valence-electron chi connectivity index (χ3n) is 5.84. The molecule has 2 amide bonds. The second kappa shape index (κ2) is 11.6. The lowest BCUT2D eigenvalue weighted by atomic mass is 10.1. The molecule has 0 aliphatic carbocycles. The van der Waals surface area contributed by atoms with Gasteiger partial charge in [0.2, 0.25) is 5.91 Å². The Morgan fingerprint density at radius 3 is 2.30 bits per heavy atom. The zero-order valence-electron chi connectivity index (χ0n) is 19.9. The average molecular weight is 455 g/mol. The maximum Gasteiger partial charge on any atom is 0.253 e. The molecule has 2 aromatic carbocycles. The van der Waals surface area contributed by atoms with E-state index in [-0.39, 0.29) is 24.5 Å². The first-order valence-corrected chi connectivity index (χ1v) is 11.3. The first-order chi connectivity index (χ1) is 16.0. The molecule has 0 aromatic heterocycles. The first-order valence-electron chi connectivity index (χ1n) is 11.3. The molecule has 1 aliphatic heterocycles. The molecule has 33 heavy (non-hydrogen) atoms. The van der Waals surface area contributed by atoms with Gasteiger partial charge in [-0.3, -0.25) is 9.59 Å². The summed E-state index contributed by atoms with van der Waals surface area (Å²) in [5.74, 6) is 0.453. The predicted octanol–water partition coefficient (Wildman–Crippen LogP) is 3.14. The molecule has 8 heteroatoms. The minimum atomic E-state index is -0.260. The highest BCUT2D eigenvalue weighted by Gasteiger charge is 2.24. The molecule has 1 aliphatic rings. The van der Waals surface area contributed by atoms with Crippen LogP contribution in [0.2, 0.25) is 0 Å². The van der Waals surface area contributed by atoms with Crippen molar-refractivity contribution in [3.8, 4) is 5.75 Å². The molecule has 0 spiro atoms. The molecule has 1 saturated heterocycles. The van der Waals surface area contributed by atoms with Gasteiger partial charge in [0, 0.05) is 50.7 Å². The van der Waals surface area contributed by atoms with Gasteiger partial charge in [0.05, 0.1) is 18.4 Å². The van der Waals surface area contributed by atoms with E-state index in [0.29, 0.717) is 11.3 Å². The van der Waals surface area contributed by atoms with Gasteiger partial charge in [-0.05, 0) is 43.7 Å². The molecular weight excluding hydrogens is 420 g/mol. The number of nitrogens with zero attached hydrogens (tertiary/aromatic N) is 2. The Kier molecular flexibility index (Phi) is 8.54. The fraction of sp³-hybridized carbons (Fsp3) is 0.440. The van der Waals surface area contributed by atoms with Gasteiger partial charge in [-0.2, -0.15) is 0 Å². The van der Waals surface area contributed by atoms with E-state index in [9.17, 15) is 9.59 Å². The monoisotopic (exact) mass is 454 g/mol. The minimum Gasteiger partial charge on any atom is -0.495 e. The molecule has 8 nitrogen and oxygen atoms in total. The van der Waals surface area contributed by atoms with Crippen molar-refractivity contribution in [1.82, 2.24) is 5.32 Å². The van der Waals surface area contributed by atoms with Gasteiger partial charge < -0.3 is 29.9 Å². The molecule has 2 aromatic rings. The van der Waals surface area contributed by atoms with Crippen LogP contribution in [0.3, 0.4) is 0 Å². The fourth-order valence-electron chi connectivity index (χ4n) is 3.88. The quantitative estimate of drug-likeness (QED) is 0.606. The standard InChI is InChI=1S/C25H34N4O4/c1-5-18(2)26-25(31)20-16-19(27-24(30)17-32-3)10-11-21(20)28-12-14-29(15-13-28)22-8-6-7-9-23(22)33-4/h6-11,16,18H,5,12-15,17H2,1-4H3,(H,26,31)(H,27,30). The van der Waals surface area contributed by atoms with Crippen molar-refractivity contribution in [2.45, 2.75) is 26.3 Å². The van der Waals surface area contributed by atoms with E-state index in [1.54, 1.807) is 13.2 Å². The third-order valence-corrected chi connectivity index (χ3v) is 5.84. The number of methoxy groups -OCH3 is 2. The Labute approximate surface area is 195 Å². The van der Waals surface area contributed by atoms with Crippen molar-refractivity contribution in [3.63, 3.8) is 0 Å². The molecule has 0 saturated carbocycles. The van der Waals surface area contributed by atoms with Crippen LogP contribution in [-0.2, 0) is 9.53 Å². The number of benzene rings is 2. The van der Waals surface area contributed by atoms with E-state index < -0.39 is 0 Å². The number of hydrogen-bond donors (Lipinski definition) is 2. The second-order valence-electron chi connectivity index (χ2n) is 8.14. The van der Waals surface area contributed by atoms with E-state index in [2.05, 4.69) is 26.5 Å². The number of rotatable bonds is 9. The molecule has 0 radical (unpaired) electrons. The molecule has 1 fully saturated rings. The van der Waals surface area contributed by atoms with Crippen LogP contribution in [0.1, 0.15) is 30.6 Å². The van der Waals surface area contributed by atoms with Crippen molar-refractivity contribution >= 4 is 28.9 Å². The zero-order chi connectivity index (χ0) is 23.8. The van der Waals surface area contributed by atoms with Gasteiger partial charge >= 0.3 is 0 Å². The van der Waals surface area contributed by atoms with Crippen molar-refractivity contribution in [2.75, 3.05) is 62.1 Å². The van der Waals surface area contributed by atoms with E-state index in [0.717, 1.165) is 49.7 Å². The summed E-state index contributed by atoms with van der Waals surface area (Å²) < 4.78 is 10.4. The van der Waals surface area contributed by atoms with E-state index in [1.165, 1.54) is 7.11 Å². The number of piperazine rings is 1. The predicted molar refractivity (Wildman–Crippen MR) is 132 cm³/mol. The third kappa shape index (κ3) is 6.16. The van der Waals surface area contributed by atoms with Gasteiger partial charge in [-0.1, -0.05) is 19.1 Å². The Balaban J connectivity index is 1.81. The lowest BCUT2D eigenvalue weighted by Gasteiger charge is -2.38. The van der Waals surface area contributed by atoms with Gasteiger partial charge in [0.25, 0.3) is 5.91 Å². The molecule has 178 valence electrons. The topological polar surface area (TPSA) is 83.1 Å². The van der Waals surface area contributed by atoms with Crippen molar-refractivity contribution in [2.24, 2.45) is 0 Å². The molecular formula is C25H34N4O4.